The molecule has 1 heterocycles. The van der Waals surface area contributed by atoms with Crippen LogP contribution in [0.3, 0.4) is 0 Å². The van der Waals surface area contributed by atoms with Gasteiger partial charge in [-0.25, -0.2) is 9.97 Å². The van der Waals surface area contributed by atoms with Crippen molar-refractivity contribution in [3.8, 4) is 0 Å². The first-order valence-corrected chi connectivity index (χ1v) is 5.78. The fourth-order valence-electron chi connectivity index (χ4n) is 1.30. The third-order valence-corrected chi connectivity index (χ3v) is 3.11. The Balaban J connectivity index is 2.18. The first-order valence-electron chi connectivity index (χ1n) is 4.99. The zero-order chi connectivity index (χ0) is 12.3. The molecular weight excluding hydrogens is 282 g/mol. The first kappa shape index (κ1) is 11.7. The fraction of sp³-hybridized carbons (Fsp3) is 0.0833. The molecule has 0 saturated carbocycles. The average molecular weight is 292 g/mol. The number of nitrogens with one attached hydrogen (secondary N) is 1. The Morgan fingerprint density at radius 3 is 2.65 bits per heavy atom. The molecule has 0 bridgehead atoms. The second kappa shape index (κ2) is 5.05. The number of carbonyl (C=O) groups is 1. The van der Waals surface area contributed by atoms with Gasteiger partial charge in [-0.3, -0.25) is 4.79 Å². The van der Waals surface area contributed by atoms with Crippen LogP contribution >= 0.6 is 15.9 Å². The first-order chi connectivity index (χ1) is 8.16. The molecule has 0 aliphatic carbocycles. The molecule has 1 N–H and O–H groups in total. The number of nitrogens with zero attached hydrogens (tertiary/aromatic N) is 2. The van der Waals surface area contributed by atoms with E-state index in [1.54, 1.807) is 24.5 Å². The molecule has 1 aromatic heterocycles. The van der Waals surface area contributed by atoms with Gasteiger partial charge in [0.25, 0.3) is 5.91 Å². The van der Waals surface area contributed by atoms with Gasteiger partial charge in [-0.2, -0.15) is 0 Å². The van der Waals surface area contributed by atoms with Gasteiger partial charge in [-0.15, -0.1) is 0 Å². The molecule has 2 rings (SSSR count). The van der Waals surface area contributed by atoms with Gasteiger partial charge >= 0.3 is 0 Å². The molecule has 0 aliphatic heterocycles. The molecule has 0 atom stereocenters. The van der Waals surface area contributed by atoms with Crippen LogP contribution in [0.1, 0.15) is 15.9 Å². The molecular formula is C12H10BrN3O. The largest absolute Gasteiger partial charge is 0.319 e. The standard InChI is InChI=1S/C12H10BrN3O/c1-8-2-3-9(4-11(8)13)12(17)16-10-5-14-7-15-6-10/h2-7H,1H3,(H,16,17). The van der Waals surface area contributed by atoms with E-state index in [0.29, 0.717) is 11.3 Å². The molecule has 0 radical (unpaired) electrons. The lowest BCUT2D eigenvalue weighted by atomic mass is 10.1. The van der Waals surface area contributed by atoms with Crippen LogP contribution in [0.15, 0.2) is 41.4 Å². The third kappa shape index (κ3) is 2.88. The molecule has 2 aromatic rings. The summed E-state index contributed by atoms with van der Waals surface area (Å²) < 4.78 is 0.912. The van der Waals surface area contributed by atoms with Gasteiger partial charge in [0, 0.05) is 10.0 Å². The van der Waals surface area contributed by atoms with Gasteiger partial charge in [-0.1, -0.05) is 22.0 Å². The minimum absolute atomic E-state index is 0.180. The highest BCUT2D eigenvalue weighted by atomic mass is 79.9. The van der Waals surface area contributed by atoms with Crippen molar-refractivity contribution in [2.24, 2.45) is 0 Å². The number of aromatic nitrogens is 2. The lowest BCUT2D eigenvalue weighted by Crippen LogP contribution is -2.12. The summed E-state index contributed by atoms with van der Waals surface area (Å²) >= 11 is 3.40. The lowest BCUT2D eigenvalue weighted by Gasteiger charge is -2.05. The number of halogens is 1. The topological polar surface area (TPSA) is 54.9 Å². The Hall–Kier alpha value is -1.75. The zero-order valence-electron chi connectivity index (χ0n) is 9.14. The van der Waals surface area contributed by atoms with Gasteiger partial charge in [0.1, 0.15) is 6.33 Å². The highest BCUT2D eigenvalue weighted by Crippen LogP contribution is 2.18. The molecule has 1 amide bonds. The van der Waals surface area contributed by atoms with Gasteiger partial charge in [-0.05, 0) is 24.6 Å². The Morgan fingerprint density at radius 1 is 1.29 bits per heavy atom. The van der Waals surface area contributed by atoms with Crippen LogP contribution in [0.2, 0.25) is 0 Å². The summed E-state index contributed by atoms with van der Waals surface area (Å²) in [6.45, 7) is 1.97. The van der Waals surface area contributed by atoms with E-state index in [4.69, 9.17) is 0 Å². The Labute approximate surface area is 107 Å². The minimum Gasteiger partial charge on any atom is -0.319 e. The van der Waals surface area contributed by atoms with E-state index in [9.17, 15) is 4.79 Å². The predicted molar refractivity (Wildman–Crippen MR) is 68.9 cm³/mol. The molecule has 4 nitrogen and oxygen atoms in total. The summed E-state index contributed by atoms with van der Waals surface area (Å²) in [4.78, 5) is 19.5. The number of benzene rings is 1. The average Bonchev–Trinajstić information content (AvgIpc) is 2.34. The number of rotatable bonds is 2. The molecule has 0 saturated heterocycles. The normalized spacial score (nSPS) is 10.0. The molecule has 86 valence electrons. The van der Waals surface area contributed by atoms with Crippen molar-refractivity contribution >= 4 is 27.5 Å². The van der Waals surface area contributed by atoms with Gasteiger partial charge < -0.3 is 5.32 Å². The number of aryl methyl sites for hydroxylation is 1. The van der Waals surface area contributed by atoms with E-state index in [0.717, 1.165) is 10.0 Å². The van der Waals surface area contributed by atoms with Crippen LogP contribution in [0.4, 0.5) is 5.69 Å². The molecule has 5 heteroatoms. The van der Waals surface area contributed by atoms with Gasteiger partial charge in [0.2, 0.25) is 0 Å². The number of hydrogen-bond donors (Lipinski definition) is 1. The number of amides is 1. The van der Waals surface area contributed by atoms with Crippen molar-refractivity contribution in [3.05, 3.63) is 52.5 Å². The second-order valence-electron chi connectivity index (χ2n) is 3.55. The highest BCUT2D eigenvalue weighted by Gasteiger charge is 2.07. The van der Waals surface area contributed by atoms with Crippen LogP contribution in [-0.4, -0.2) is 15.9 Å². The quantitative estimate of drug-likeness (QED) is 0.926. The number of carbonyl (C=O) groups excluding carboxylic acids is 1. The van der Waals surface area contributed by atoms with Crippen molar-refractivity contribution in [2.45, 2.75) is 6.92 Å². The highest BCUT2D eigenvalue weighted by molar-refractivity contribution is 9.10. The predicted octanol–water partition coefficient (Wildman–Crippen LogP) is 2.80. The van der Waals surface area contributed by atoms with Crippen LogP contribution in [0.5, 0.6) is 0 Å². The smallest absolute Gasteiger partial charge is 0.255 e. The molecule has 0 aliphatic rings. The van der Waals surface area contributed by atoms with Gasteiger partial charge in [0.05, 0.1) is 18.1 Å². The van der Waals surface area contributed by atoms with E-state index in [2.05, 4.69) is 31.2 Å². The molecule has 17 heavy (non-hydrogen) atoms. The van der Waals surface area contributed by atoms with Crippen LogP contribution in [-0.2, 0) is 0 Å². The summed E-state index contributed by atoms with van der Waals surface area (Å²) in [5.74, 6) is -0.180. The van der Waals surface area contributed by atoms with Crippen molar-refractivity contribution < 1.29 is 4.79 Å². The van der Waals surface area contributed by atoms with Crippen molar-refractivity contribution in [2.75, 3.05) is 5.32 Å². The van der Waals surface area contributed by atoms with Crippen LogP contribution in [0, 0.1) is 6.92 Å². The molecule has 1 aromatic carbocycles. The summed E-state index contributed by atoms with van der Waals surface area (Å²) in [6, 6.07) is 5.45. The summed E-state index contributed by atoms with van der Waals surface area (Å²) in [7, 11) is 0. The minimum atomic E-state index is -0.180. The fourth-order valence-corrected chi connectivity index (χ4v) is 1.68. The monoisotopic (exact) mass is 291 g/mol. The number of hydrogen-bond acceptors (Lipinski definition) is 3. The SMILES string of the molecule is Cc1ccc(C(=O)Nc2cncnc2)cc1Br. The maximum absolute atomic E-state index is 11.9. The van der Waals surface area contributed by atoms with Crippen LogP contribution in [0.25, 0.3) is 0 Å². The Morgan fingerprint density at radius 2 is 2.00 bits per heavy atom. The van der Waals surface area contributed by atoms with Crippen molar-refractivity contribution in [3.63, 3.8) is 0 Å². The van der Waals surface area contributed by atoms with Crippen molar-refractivity contribution in [1.82, 2.24) is 9.97 Å². The lowest BCUT2D eigenvalue weighted by molar-refractivity contribution is 0.102. The Bertz CT molecular complexity index is 543. The molecule has 0 unspecified atom stereocenters. The maximum atomic E-state index is 11.9. The number of anilines is 1. The summed E-state index contributed by atoms with van der Waals surface area (Å²) in [5, 5.41) is 2.72. The van der Waals surface area contributed by atoms with Crippen LogP contribution < -0.4 is 5.32 Å². The van der Waals surface area contributed by atoms with E-state index >= 15 is 0 Å². The van der Waals surface area contributed by atoms with E-state index < -0.39 is 0 Å². The second-order valence-corrected chi connectivity index (χ2v) is 4.40. The third-order valence-electron chi connectivity index (χ3n) is 2.25. The summed E-state index contributed by atoms with van der Waals surface area (Å²) in [6.07, 6.45) is 4.51. The van der Waals surface area contributed by atoms with Gasteiger partial charge in [0.15, 0.2) is 0 Å². The zero-order valence-corrected chi connectivity index (χ0v) is 10.7. The maximum Gasteiger partial charge on any atom is 0.255 e. The van der Waals surface area contributed by atoms with E-state index in [1.807, 2.05) is 13.0 Å². The van der Waals surface area contributed by atoms with E-state index in [-0.39, 0.29) is 5.91 Å². The molecule has 0 spiro atoms. The van der Waals surface area contributed by atoms with E-state index in [1.165, 1.54) is 6.33 Å². The van der Waals surface area contributed by atoms with Crippen molar-refractivity contribution in [1.29, 1.82) is 0 Å². The molecule has 0 fully saturated rings. The Kier molecular flexibility index (Phi) is 3.49. The summed E-state index contributed by atoms with van der Waals surface area (Å²) in [5.41, 5.74) is 2.25.